The molecule has 2 unspecified atom stereocenters. The topological polar surface area (TPSA) is 32.3 Å². The number of hydrogen-bond donors (Lipinski definition) is 1. The van der Waals surface area contributed by atoms with Crippen molar-refractivity contribution in [2.75, 3.05) is 18.6 Å². The number of carbonyl (C=O) groups is 1. The average Bonchev–Trinajstić information content (AvgIpc) is 2.54. The van der Waals surface area contributed by atoms with E-state index in [2.05, 4.69) is 32.3 Å². The van der Waals surface area contributed by atoms with Crippen LogP contribution in [-0.2, 0) is 4.79 Å². The Hall–Kier alpha value is -0.220. The predicted molar refractivity (Wildman–Crippen MR) is 70.6 cm³/mol. The monoisotopic (exact) mass is 244 g/mol. The molecule has 1 heterocycles. The Kier molecular flexibility index (Phi) is 5.62. The van der Waals surface area contributed by atoms with Crippen molar-refractivity contribution in [2.24, 2.45) is 5.92 Å². The number of nitrogens with one attached hydrogen (secondary N) is 1. The van der Waals surface area contributed by atoms with E-state index in [1.165, 1.54) is 0 Å². The van der Waals surface area contributed by atoms with E-state index in [9.17, 15) is 4.79 Å². The molecule has 2 atom stereocenters. The van der Waals surface area contributed by atoms with Gasteiger partial charge in [-0.05, 0) is 18.6 Å². The third-order valence-corrected chi connectivity index (χ3v) is 3.65. The summed E-state index contributed by atoms with van der Waals surface area (Å²) in [6.45, 7) is 7.26. The lowest BCUT2D eigenvalue weighted by Crippen LogP contribution is -2.38. The zero-order chi connectivity index (χ0) is 12.1. The minimum absolute atomic E-state index is 0.0263. The van der Waals surface area contributed by atoms with Gasteiger partial charge in [0.05, 0.1) is 12.2 Å². The van der Waals surface area contributed by atoms with Gasteiger partial charge in [0, 0.05) is 12.3 Å². The van der Waals surface area contributed by atoms with Crippen LogP contribution in [0.15, 0.2) is 0 Å². The number of rotatable bonds is 6. The Bertz CT molecular complexity index is 233. The minimum Gasteiger partial charge on any atom is -0.325 e. The highest BCUT2D eigenvalue weighted by molar-refractivity contribution is 7.98. The van der Waals surface area contributed by atoms with Crippen LogP contribution in [0.2, 0.25) is 0 Å². The summed E-state index contributed by atoms with van der Waals surface area (Å²) < 4.78 is 0. The predicted octanol–water partition coefficient (Wildman–Crippen LogP) is 1.93. The van der Waals surface area contributed by atoms with E-state index >= 15 is 0 Å². The maximum absolute atomic E-state index is 12.2. The normalized spacial score (nSPS) is 25.8. The molecule has 94 valence electrons. The van der Waals surface area contributed by atoms with Crippen LogP contribution in [0.25, 0.3) is 0 Å². The number of carbonyl (C=O) groups excluding carboxylic acids is 1. The zero-order valence-corrected chi connectivity index (χ0v) is 11.6. The highest BCUT2D eigenvalue weighted by Gasteiger charge is 2.39. The van der Waals surface area contributed by atoms with Gasteiger partial charge in [0.2, 0.25) is 5.91 Å². The summed E-state index contributed by atoms with van der Waals surface area (Å²) in [5, 5.41) is 3.47. The van der Waals surface area contributed by atoms with Gasteiger partial charge >= 0.3 is 0 Å². The third-order valence-electron chi connectivity index (χ3n) is 3.06. The van der Waals surface area contributed by atoms with Crippen LogP contribution in [0.3, 0.4) is 0 Å². The van der Waals surface area contributed by atoms with Crippen molar-refractivity contribution >= 4 is 17.7 Å². The second-order valence-electron chi connectivity index (χ2n) is 4.72. The molecule has 1 aliphatic heterocycles. The van der Waals surface area contributed by atoms with Gasteiger partial charge < -0.3 is 4.90 Å². The molecule has 0 aliphatic carbocycles. The first-order valence-electron chi connectivity index (χ1n) is 6.17. The van der Waals surface area contributed by atoms with E-state index < -0.39 is 0 Å². The molecule has 0 spiro atoms. The van der Waals surface area contributed by atoms with Gasteiger partial charge in [0.1, 0.15) is 0 Å². The fourth-order valence-corrected chi connectivity index (χ4v) is 2.53. The fourth-order valence-electron chi connectivity index (χ4n) is 2.15. The summed E-state index contributed by atoms with van der Waals surface area (Å²) in [6.07, 6.45) is 4.52. The van der Waals surface area contributed by atoms with Gasteiger partial charge in [-0.3, -0.25) is 10.1 Å². The lowest BCUT2D eigenvalue weighted by atomic mass is 10.1. The van der Waals surface area contributed by atoms with Crippen molar-refractivity contribution in [1.82, 2.24) is 10.2 Å². The molecule has 0 saturated carbocycles. The van der Waals surface area contributed by atoms with Crippen LogP contribution in [0.1, 0.15) is 33.6 Å². The summed E-state index contributed by atoms with van der Waals surface area (Å²) in [5.41, 5.74) is 0. The van der Waals surface area contributed by atoms with E-state index in [0.717, 1.165) is 25.1 Å². The Morgan fingerprint density at radius 1 is 1.50 bits per heavy atom. The third kappa shape index (κ3) is 3.14. The number of thioether (sulfide) groups is 1. The molecule has 16 heavy (non-hydrogen) atoms. The first-order chi connectivity index (χ1) is 7.61. The summed E-state index contributed by atoms with van der Waals surface area (Å²) in [7, 11) is 0. The molecule has 1 saturated heterocycles. The molecule has 1 aliphatic rings. The second-order valence-corrected chi connectivity index (χ2v) is 5.70. The number of nitrogens with zero attached hydrogens (tertiary/aromatic N) is 1. The molecule has 1 amide bonds. The molecule has 1 N–H and O–H groups in total. The van der Waals surface area contributed by atoms with Gasteiger partial charge in [-0.1, -0.05) is 27.2 Å². The fraction of sp³-hybridized carbons (Fsp3) is 0.917. The van der Waals surface area contributed by atoms with Gasteiger partial charge in [-0.15, -0.1) is 0 Å². The van der Waals surface area contributed by atoms with Crippen LogP contribution in [-0.4, -0.2) is 41.6 Å². The molecule has 0 bridgehead atoms. The zero-order valence-electron chi connectivity index (χ0n) is 10.8. The van der Waals surface area contributed by atoms with E-state index in [4.69, 9.17) is 0 Å². The van der Waals surface area contributed by atoms with Crippen molar-refractivity contribution in [1.29, 1.82) is 0 Å². The van der Waals surface area contributed by atoms with Crippen LogP contribution in [0, 0.1) is 5.92 Å². The Morgan fingerprint density at radius 2 is 2.19 bits per heavy atom. The van der Waals surface area contributed by atoms with Crippen molar-refractivity contribution < 1.29 is 4.79 Å². The molecular formula is C12H24N2OS. The van der Waals surface area contributed by atoms with Gasteiger partial charge in [-0.25, -0.2) is 0 Å². The molecule has 1 fully saturated rings. The summed E-state index contributed by atoms with van der Waals surface area (Å²) in [4.78, 5) is 14.2. The lowest BCUT2D eigenvalue weighted by Gasteiger charge is -2.23. The van der Waals surface area contributed by atoms with Crippen LogP contribution in [0.4, 0.5) is 0 Å². The minimum atomic E-state index is 0.0263. The van der Waals surface area contributed by atoms with Crippen LogP contribution in [0.5, 0.6) is 0 Å². The molecular weight excluding hydrogens is 220 g/mol. The summed E-state index contributed by atoms with van der Waals surface area (Å²) in [6, 6.07) is 0.0263. The molecule has 3 nitrogen and oxygen atoms in total. The molecule has 0 aromatic carbocycles. The highest BCUT2D eigenvalue weighted by atomic mass is 32.2. The van der Waals surface area contributed by atoms with Crippen molar-refractivity contribution in [2.45, 2.75) is 45.8 Å². The number of amides is 1. The highest BCUT2D eigenvalue weighted by Crippen LogP contribution is 2.20. The van der Waals surface area contributed by atoms with Crippen LogP contribution < -0.4 is 5.32 Å². The van der Waals surface area contributed by atoms with Crippen molar-refractivity contribution in [3.05, 3.63) is 0 Å². The first-order valence-corrected chi connectivity index (χ1v) is 7.56. The van der Waals surface area contributed by atoms with E-state index in [1.807, 2.05) is 4.90 Å². The molecule has 0 aromatic heterocycles. The smallest absolute Gasteiger partial charge is 0.241 e. The maximum Gasteiger partial charge on any atom is 0.241 e. The average molecular weight is 244 g/mol. The SMILES string of the molecule is CCCC1NC(C(C)C)C(=O)N1CCSC. The van der Waals surface area contributed by atoms with Crippen molar-refractivity contribution in [3.8, 4) is 0 Å². The van der Waals surface area contributed by atoms with E-state index in [-0.39, 0.29) is 12.2 Å². The molecule has 4 heteroatoms. The second kappa shape index (κ2) is 6.50. The molecule has 0 radical (unpaired) electrons. The Labute approximate surface area is 103 Å². The maximum atomic E-state index is 12.2. The Balaban J connectivity index is 2.64. The molecule has 1 rings (SSSR count). The lowest BCUT2D eigenvalue weighted by molar-refractivity contribution is -0.130. The van der Waals surface area contributed by atoms with Gasteiger partial charge in [0.25, 0.3) is 0 Å². The first kappa shape index (κ1) is 13.8. The standard InChI is InChI=1S/C12H24N2OS/c1-5-6-10-13-11(9(2)3)12(15)14(10)7-8-16-4/h9-11,13H,5-8H2,1-4H3. The Morgan fingerprint density at radius 3 is 2.69 bits per heavy atom. The quantitative estimate of drug-likeness (QED) is 0.775. The van der Waals surface area contributed by atoms with Crippen LogP contribution >= 0.6 is 11.8 Å². The van der Waals surface area contributed by atoms with E-state index in [1.54, 1.807) is 11.8 Å². The largest absolute Gasteiger partial charge is 0.325 e. The van der Waals surface area contributed by atoms with Gasteiger partial charge in [-0.2, -0.15) is 11.8 Å². The van der Waals surface area contributed by atoms with Gasteiger partial charge in [0.15, 0.2) is 0 Å². The van der Waals surface area contributed by atoms with E-state index in [0.29, 0.717) is 11.8 Å². The summed E-state index contributed by atoms with van der Waals surface area (Å²) in [5.74, 6) is 1.70. The molecule has 0 aromatic rings. The van der Waals surface area contributed by atoms with Crippen molar-refractivity contribution in [3.63, 3.8) is 0 Å². The number of hydrogen-bond acceptors (Lipinski definition) is 3. The summed E-state index contributed by atoms with van der Waals surface area (Å²) >= 11 is 1.80.